The van der Waals surface area contributed by atoms with Crippen molar-refractivity contribution in [1.82, 2.24) is 0 Å². The lowest BCUT2D eigenvalue weighted by Gasteiger charge is -2.05. The molecule has 2 aromatic carbocycles. The number of unbranched alkanes of at least 4 members (excludes halogenated alkanes) is 1. The van der Waals surface area contributed by atoms with Crippen LogP contribution in [0.2, 0.25) is 0 Å². The molecule has 2 nitrogen and oxygen atoms in total. The largest absolute Gasteiger partial charge is 0.494 e. The zero-order valence-corrected chi connectivity index (χ0v) is 14.0. The highest BCUT2D eigenvalue weighted by Gasteiger charge is 2.02. The summed E-state index contributed by atoms with van der Waals surface area (Å²) in [5.74, 6) is 0.799. The normalized spacial score (nSPS) is 10.8. The van der Waals surface area contributed by atoms with E-state index < -0.39 is 0 Å². The molecule has 0 aromatic heterocycles. The molecule has 0 atom stereocenters. The van der Waals surface area contributed by atoms with Crippen LogP contribution in [0.15, 0.2) is 60.7 Å². The van der Waals surface area contributed by atoms with Crippen molar-refractivity contribution in [3.63, 3.8) is 0 Å². The summed E-state index contributed by atoms with van der Waals surface area (Å²) in [7, 11) is 0. The van der Waals surface area contributed by atoms with Crippen molar-refractivity contribution < 1.29 is 9.53 Å². The van der Waals surface area contributed by atoms with Crippen molar-refractivity contribution in [2.24, 2.45) is 0 Å². The van der Waals surface area contributed by atoms with E-state index in [9.17, 15) is 4.79 Å². The number of hydrogen-bond acceptors (Lipinski definition) is 2. The standard InChI is InChI=1S/C19H19BrO2/c20-14-4-5-15-22-18-11-9-17(10-12-18)19(21)13-8-16-6-2-1-3-7-16/h1-3,6-13H,4-5,14-15H2/b13-8+. The van der Waals surface area contributed by atoms with Crippen molar-refractivity contribution in [3.05, 3.63) is 71.8 Å². The summed E-state index contributed by atoms with van der Waals surface area (Å²) >= 11 is 3.39. The molecular formula is C19H19BrO2. The topological polar surface area (TPSA) is 26.3 Å². The van der Waals surface area contributed by atoms with E-state index in [1.165, 1.54) is 0 Å². The average Bonchev–Trinajstić information content (AvgIpc) is 2.58. The summed E-state index contributed by atoms with van der Waals surface area (Å²) < 4.78 is 5.62. The van der Waals surface area contributed by atoms with Crippen LogP contribution in [-0.4, -0.2) is 17.7 Å². The molecule has 0 unspecified atom stereocenters. The molecule has 2 rings (SSSR count). The molecule has 0 amide bonds. The van der Waals surface area contributed by atoms with Gasteiger partial charge in [0.05, 0.1) is 6.61 Å². The fourth-order valence-corrected chi connectivity index (χ4v) is 2.33. The lowest BCUT2D eigenvalue weighted by atomic mass is 10.1. The van der Waals surface area contributed by atoms with Crippen LogP contribution in [0.25, 0.3) is 6.08 Å². The molecule has 0 saturated heterocycles. The van der Waals surface area contributed by atoms with E-state index in [0.29, 0.717) is 12.2 Å². The summed E-state index contributed by atoms with van der Waals surface area (Å²) in [4.78, 5) is 12.1. The first-order chi connectivity index (χ1) is 10.8. The van der Waals surface area contributed by atoms with Crippen LogP contribution in [0, 0.1) is 0 Å². The highest BCUT2D eigenvalue weighted by molar-refractivity contribution is 9.09. The fraction of sp³-hybridized carbons (Fsp3) is 0.211. The predicted molar refractivity (Wildman–Crippen MR) is 94.8 cm³/mol. The van der Waals surface area contributed by atoms with Gasteiger partial charge in [-0.3, -0.25) is 4.79 Å². The van der Waals surface area contributed by atoms with Crippen molar-refractivity contribution in [2.45, 2.75) is 12.8 Å². The van der Waals surface area contributed by atoms with Gasteiger partial charge in [0.15, 0.2) is 5.78 Å². The Morgan fingerprint density at radius 2 is 1.73 bits per heavy atom. The molecule has 0 bridgehead atoms. The van der Waals surface area contributed by atoms with Crippen LogP contribution < -0.4 is 4.74 Å². The summed E-state index contributed by atoms with van der Waals surface area (Å²) in [6, 6.07) is 17.1. The third kappa shape index (κ3) is 5.49. The highest BCUT2D eigenvalue weighted by Crippen LogP contribution is 2.14. The van der Waals surface area contributed by atoms with Gasteiger partial charge in [-0.2, -0.15) is 0 Å². The number of ether oxygens (including phenoxy) is 1. The van der Waals surface area contributed by atoms with E-state index in [1.807, 2.05) is 48.5 Å². The minimum absolute atomic E-state index is 0.00491. The SMILES string of the molecule is O=C(/C=C/c1ccccc1)c1ccc(OCCCCBr)cc1. The molecule has 0 radical (unpaired) electrons. The molecule has 0 fully saturated rings. The molecule has 0 aliphatic rings. The van der Waals surface area contributed by atoms with Crippen LogP contribution >= 0.6 is 15.9 Å². The number of rotatable bonds is 8. The van der Waals surface area contributed by atoms with Gasteiger partial charge >= 0.3 is 0 Å². The van der Waals surface area contributed by atoms with Gasteiger partial charge < -0.3 is 4.74 Å². The van der Waals surface area contributed by atoms with Crippen LogP contribution in [0.3, 0.4) is 0 Å². The Morgan fingerprint density at radius 1 is 1.00 bits per heavy atom. The van der Waals surface area contributed by atoms with E-state index in [0.717, 1.165) is 29.5 Å². The maximum Gasteiger partial charge on any atom is 0.185 e. The van der Waals surface area contributed by atoms with Crippen LogP contribution in [0.4, 0.5) is 0 Å². The van der Waals surface area contributed by atoms with Gasteiger partial charge in [-0.15, -0.1) is 0 Å². The van der Waals surface area contributed by atoms with Gasteiger partial charge in [-0.05, 0) is 48.7 Å². The van der Waals surface area contributed by atoms with Crippen molar-refractivity contribution in [3.8, 4) is 5.75 Å². The third-order valence-electron chi connectivity index (χ3n) is 3.16. The van der Waals surface area contributed by atoms with Crippen LogP contribution in [-0.2, 0) is 0 Å². The number of carbonyl (C=O) groups excluding carboxylic acids is 1. The number of hydrogen-bond donors (Lipinski definition) is 0. The summed E-state index contributed by atoms with van der Waals surface area (Å²) in [5.41, 5.74) is 1.68. The maximum absolute atomic E-state index is 12.1. The number of benzene rings is 2. The minimum Gasteiger partial charge on any atom is -0.494 e. The van der Waals surface area contributed by atoms with Crippen molar-refractivity contribution in [2.75, 3.05) is 11.9 Å². The maximum atomic E-state index is 12.1. The first-order valence-electron chi connectivity index (χ1n) is 7.36. The second kappa shape index (κ2) is 9.21. The first kappa shape index (κ1) is 16.5. The fourth-order valence-electron chi connectivity index (χ4n) is 1.93. The second-order valence-corrected chi connectivity index (χ2v) is 5.67. The molecule has 0 aliphatic carbocycles. The van der Waals surface area contributed by atoms with Gasteiger partial charge in [-0.1, -0.05) is 52.3 Å². The number of alkyl halides is 1. The summed E-state index contributed by atoms with van der Waals surface area (Å²) in [6.45, 7) is 0.701. The summed E-state index contributed by atoms with van der Waals surface area (Å²) in [6.07, 6.45) is 5.54. The Hall–Kier alpha value is -1.87. The third-order valence-corrected chi connectivity index (χ3v) is 3.72. The Labute approximate surface area is 139 Å². The van der Waals surface area contributed by atoms with Crippen molar-refractivity contribution in [1.29, 1.82) is 0 Å². The molecule has 0 aliphatic heterocycles. The zero-order chi connectivity index (χ0) is 15.6. The van der Waals surface area contributed by atoms with E-state index >= 15 is 0 Å². The van der Waals surface area contributed by atoms with E-state index in [1.54, 1.807) is 18.2 Å². The molecule has 0 N–H and O–H groups in total. The Balaban J connectivity index is 1.89. The molecule has 3 heteroatoms. The van der Waals surface area contributed by atoms with Gasteiger partial charge in [0, 0.05) is 10.9 Å². The molecular weight excluding hydrogens is 340 g/mol. The number of allylic oxidation sites excluding steroid dienone is 1. The van der Waals surface area contributed by atoms with E-state index in [-0.39, 0.29) is 5.78 Å². The highest BCUT2D eigenvalue weighted by atomic mass is 79.9. The molecule has 22 heavy (non-hydrogen) atoms. The molecule has 0 spiro atoms. The van der Waals surface area contributed by atoms with Gasteiger partial charge in [-0.25, -0.2) is 0 Å². The second-order valence-electron chi connectivity index (χ2n) is 4.88. The van der Waals surface area contributed by atoms with E-state index in [4.69, 9.17) is 4.74 Å². The zero-order valence-electron chi connectivity index (χ0n) is 12.4. The number of ketones is 1. The predicted octanol–water partition coefficient (Wildman–Crippen LogP) is 5.14. The van der Waals surface area contributed by atoms with Crippen molar-refractivity contribution >= 4 is 27.8 Å². The Bertz CT molecular complexity index is 603. The summed E-state index contributed by atoms with van der Waals surface area (Å²) in [5, 5.41) is 0.998. The average molecular weight is 359 g/mol. The number of halogens is 1. The lowest BCUT2D eigenvalue weighted by molar-refractivity contribution is 0.104. The number of carbonyl (C=O) groups is 1. The molecule has 0 heterocycles. The quantitative estimate of drug-likeness (QED) is 0.282. The molecule has 2 aromatic rings. The first-order valence-corrected chi connectivity index (χ1v) is 8.48. The monoisotopic (exact) mass is 358 g/mol. The lowest BCUT2D eigenvalue weighted by Crippen LogP contribution is -1.99. The Kier molecular flexibility index (Phi) is 6.91. The smallest absolute Gasteiger partial charge is 0.185 e. The van der Waals surface area contributed by atoms with Crippen LogP contribution in [0.1, 0.15) is 28.8 Å². The van der Waals surface area contributed by atoms with Gasteiger partial charge in [0.2, 0.25) is 0 Å². The Morgan fingerprint density at radius 3 is 2.41 bits per heavy atom. The minimum atomic E-state index is -0.00491. The van der Waals surface area contributed by atoms with Crippen LogP contribution in [0.5, 0.6) is 5.75 Å². The van der Waals surface area contributed by atoms with Gasteiger partial charge in [0.25, 0.3) is 0 Å². The molecule has 114 valence electrons. The van der Waals surface area contributed by atoms with E-state index in [2.05, 4.69) is 15.9 Å². The van der Waals surface area contributed by atoms with Gasteiger partial charge in [0.1, 0.15) is 5.75 Å². The molecule has 0 saturated carbocycles.